The summed E-state index contributed by atoms with van der Waals surface area (Å²) in [7, 11) is 0. The van der Waals surface area contributed by atoms with Crippen LogP contribution in [0.25, 0.3) is 0 Å². The topological polar surface area (TPSA) is 20.2 Å². The van der Waals surface area contributed by atoms with Crippen molar-refractivity contribution in [2.45, 2.75) is 32.0 Å². The minimum absolute atomic E-state index is 0.146. The summed E-state index contributed by atoms with van der Waals surface area (Å²) in [5, 5.41) is 9.69. The Morgan fingerprint density at radius 2 is 2.00 bits per heavy atom. The highest BCUT2D eigenvalue weighted by atomic mass is 19.4. The number of aliphatic hydroxyl groups is 1. The van der Waals surface area contributed by atoms with Gasteiger partial charge in [0.15, 0.2) is 0 Å². The van der Waals surface area contributed by atoms with E-state index in [1.807, 2.05) is 0 Å². The van der Waals surface area contributed by atoms with E-state index in [4.69, 9.17) is 0 Å². The van der Waals surface area contributed by atoms with Gasteiger partial charge in [0.25, 0.3) is 0 Å². The third-order valence-electron chi connectivity index (χ3n) is 2.54. The Labute approximate surface area is 103 Å². The van der Waals surface area contributed by atoms with Gasteiger partial charge in [0.1, 0.15) is 5.82 Å². The molecule has 0 saturated heterocycles. The van der Waals surface area contributed by atoms with Crippen LogP contribution in [0.4, 0.5) is 17.6 Å². The van der Waals surface area contributed by atoms with Crippen LogP contribution in [0.1, 0.15) is 37.0 Å². The third kappa shape index (κ3) is 3.57. The summed E-state index contributed by atoms with van der Waals surface area (Å²) in [6, 6.07) is 2.91. The van der Waals surface area contributed by atoms with Gasteiger partial charge in [-0.2, -0.15) is 13.2 Å². The van der Waals surface area contributed by atoms with Gasteiger partial charge in [0.05, 0.1) is 11.7 Å². The molecule has 18 heavy (non-hydrogen) atoms. The van der Waals surface area contributed by atoms with Crippen molar-refractivity contribution in [2.24, 2.45) is 0 Å². The van der Waals surface area contributed by atoms with Gasteiger partial charge in [-0.3, -0.25) is 0 Å². The van der Waals surface area contributed by atoms with Gasteiger partial charge in [-0.15, -0.1) is 6.58 Å². The van der Waals surface area contributed by atoms with E-state index >= 15 is 0 Å². The predicted octanol–water partition coefficient (Wildman–Crippen LogP) is 4.23. The van der Waals surface area contributed by atoms with E-state index in [2.05, 4.69) is 6.58 Å². The summed E-state index contributed by atoms with van der Waals surface area (Å²) in [6.07, 6.45) is -5.44. The van der Waals surface area contributed by atoms with Crippen LogP contribution in [0.5, 0.6) is 0 Å². The van der Waals surface area contributed by atoms with Crippen LogP contribution in [-0.2, 0) is 6.18 Å². The van der Waals surface area contributed by atoms with Crippen molar-refractivity contribution in [3.05, 3.63) is 47.3 Å². The normalized spacial score (nSPS) is 13.4. The molecule has 0 spiro atoms. The maximum Gasteiger partial charge on any atom is 0.419 e. The van der Waals surface area contributed by atoms with Gasteiger partial charge in [0, 0.05) is 5.56 Å². The zero-order valence-electron chi connectivity index (χ0n) is 9.89. The molecule has 0 amide bonds. The maximum atomic E-state index is 13.6. The van der Waals surface area contributed by atoms with Crippen molar-refractivity contribution < 1.29 is 22.7 Å². The number of aliphatic hydroxyl groups excluding tert-OH is 1. The molecule has 5 heteroatoms. The largest absolute Gasteiger partial charge is 0.419 e. The number of rotatable bonds is 4. The Morgan fingerprint density at radius 3 is 2.50 bits per heavy atom. The molecule has 0 aliphatic carbocycles. The van der Waals surface area contributed by atoms with Crippen molar-refractivity contribution in [3.8, 4) is 0 Å². The highest BCUT2D eigenvalue weighted by molar-refractivity contribution is 5.29. The number of allylic oxidation sites excluding steroid dienone is 1. The Kier molecular flexibility index (Phi) is 4.51. The molecule has 0 aliphatic heterocycles. The minimum Gasteiger partial charge on any atom is -0.388 e. The molecule has 0 bridgehead atoms. The molecule has 1 nitrogen and oxygen atoms in total. The molecule has 0 heterocycles. The van der Waals surface area contributed by atoms with E-state index in [0.29, 0.717) is 12.5 Å². The molecule has 100 valence electrons. The van der Waals surface area contributed by atoms with E-state index < -0.39 is 23.7 Å². The summed E-state index contributed by atoms with van der Waals surface area (Å²) in [5.41, 5.74) is -0.901. The summed E-state index contributed by atoms with van der Waals surface area (Å²) < 4.78 is 51.1. The Bertz CT molecular complexity index is 437. The standard InChI is InChI=1S/C13H14F4O/c1-8(2)6-7-11(18)9-4-3-5-10(12(9)14)13(15,16)17/h3-5,11,18H,1,6-7H2,2H3. The first kappa shape index (κ1) is 14.7. The number of halogens is 4. The van der Waals surface area contributed by atoms with E-state index in [-0.39, 0.29) is 12.0 Å². The molecule has 1 N–H and O–H groups in total. The number of benzene rings is 1. The molecule has 0 aliphatic rings. The lowest BCUT2D eigenvalue weighted by Crippen LogP contribution is -2.11. The molecule has 1 rings (SSSR count). The average molecular weight is 262 g/mol. The van der Waals surface area contributed by atoms with Crippen molar-refractivity contribution in [1.29, 1.82) is 0 Å². The van der Waals surface area contributed by atoms with Crippen LogP contribution < -0.4 is 0 Å². The van der Waals surface area contributed by atoms with Gasteiger partial charge >= 0.3 is 6.18 Å². The number of alkyl halides is 3. The molecule has 1 aromatic carbocycles. The molecular formula is C13H14F4O. The zero-order valence-corrected chi connectivity index (χ0v) is 9.89. The molecule has 1 atom stereocenters. The monoisotopic (exact) mass is 262 g/mol. The second-order valence-corrected chi connectivity index (χ2v) is 4.22. The lowest BCUT2D eigenvalue weighted by molar-refractivity contribution is -0.140. The molecule has 0 saturated carbocycles. The quantitative estimate of drug-likeness (QED) is 0.635. The number of hydrogen-bond acceptors (Lipinski definition) is 1. The van der Waals surface area contributed by atoms with Gasteiger partial charge in [-0.05, 0) is 25.8 Å². The second-order valence-electron chi connectivity index (χ2n) is 4.22. The highest BCUT2D eigenvalue weighted by Gasteiger charge is 2.35. The first-order valence-corrected chi connectivity index (χ1v) is 5.41. The SMILES string of the molecule is C=C(C)CCC(O)c1cccc(C(F)(F)F)c1F. The van der Waals surface area contributed by atoms with Crippen molar-refractivity contribution >= 4 is 0 Å². The van der Waals surface area contributed by atoms with Crippen molar-refractivity contribution in [1.82, 2.24) is 0 Å². The lowest BCUT2D eigenvalue weighted by atomic mass is 9.99. The Morgan fingerprint density at radius 1 is 1.39 bits per heavy atom. The third-order valence-corrected chi connectivity index (χ3v) is 2.54. The van der Waals surface area contributed by atoms with Crippen LogP contribution in [0.2, 0.25) is 0 Å². The van der Waals surface area contributed by atoms with E-state index in [0.717, 1.165) is 17.7 Å². The summed E-state index contributed by atoms with van der Waals surface area (Å²) in [6.45, 7) is 5.35. The van der Waals surface area contributed by atoms with E-state index in [1.165, 1.54) is 0 Å². The fourth-order valence-corrected chi connectivity index (χ4v) is 1.56. The fraction of sp³-hybridized carbons (Fsp3) is 0.385. The molecule has 1 unspecified atom stereocenters. The lowest BCUT2D eigenvalue weighted by Gasteiger charge is -2.15. The summed E-state index contributed by atoms with van der Waals surface area (Å²) >= 11 is 0. The first-order valence-electron chi connectivity index (χ1n) is 5.41. The van der Waals surface area contributed by atoms with Gasteiger partial charge < -0.3 is 5.11 Å². The minimum atomic E-state index is -4.76. The smallest absolute Gasteiger partial charge is 0.388 e. The van der Waals surface area contributed by atoms with E-state index in [1.54, 1.807) is 6.92 Å². The van der Waals surface area contributed by atoms with Crippen LogP contribution in [0.15, 0.2) is 30.4 Å². The van der Waals surface area contributed by atoms with Gasteiger partial charge in [-0.25, -0.2) is 4.39 Å². The summed E-state index contributed by atoms with van der Waals surface area (Å²) in [4.78, 5) is 0. The van der Waals surface area contributed by atoms with Crippen LogP contribution in [-0.4, -0.2) is 5.11 Å². The molecular weight excluding hydrogens is 248 g/mol. The molecule has 0 radical (unpaired) electrons. The van der Waals surface area contributed by atoms with Crippen LogP contribution >= 0.6 is 0 Å². The maximum absolute atomic E-state index is 13.6. The molecule has 1 aromatic rings. The zero-order chi connectivity index (χ0) is 13.9. The van der Waals surface area contributed by atoms with Crippen LogP contribution in [0.3, 0.4) is 0 Å². The highest BCUT2D eigenvalue weighted by Crippen LogP contribution is 2.34. The first-order chi connectivity index (χ1) is 8.23. The fourth-order valence-electron chi connectivity index (χ4n) is 1.56. The summed E-state index contributed by atoms with van der Waals surface area (Å²) in [5.74, 6) is -1.40. The van der Waals surface area contributed by atoms with Gasteiger partial charge in [-0.1, -0.05) is 17.7 Å². The van der Waals surface area contributed by atoms with E-state index in [9.17, 15) is 22.7 Å². The predicted molar refractivity (Wildman–Crippen MR) is 60.4 cm³/mol. The molecule has 0 aromatic heterocycles. The average Bonchev–Trinajstić information content (AvgIpc) is 2.24. The second kappa shape index (κ2) is 5.52. The Balaban J connectivity index is 3.00. The molecule has 0 fully saturated rings. The van der Waals surface area contributed by atoms with Gasteiger partial charge in [0.2, 0.25) is 0 Å². The Hall–Kier alpha value is -1.36. The number of hydrogen-bond donors (Lipinski definition) is 1. The van der Waals surface area contributed by atoms with Crippen molar-refractivity contribution in [2.75, 3.05) is 0 Å². The van der Waals surface area contributed by atoms with Crippen molar-refractivity contribution in [3.63, 3.8) is 0 Å². The van der Waals surface area contributed by atoms with Crippen LogP contribution in [0, 0.1) is 5.82 Å².